The van der Waals surface area contributed by atoms with E-state index in [1.165, 1.54) is 32.1 Å². The molecule has 0 N–H and O–H groups in total. The summed E-state index contributed by atoms with van der Waals surface area (Å²) >= 11 is 0. The van der Waals surface area contributed by atoms with Crippen molar-refractivity contribution in [2.45, 2.75) is 128 Å². The van der Waals surface area contributed by atoms with Crippen molar-refractivity contribution in [3.63, 3.8) is 0 Å². The molecule has 0 unspecified atom stereocenters. The fourth-order valence-electron chi connectivity index (χ4n) is 4.56. The largest absolute Gasteiger partial charge is 0.381 e. The highest BCUT2D eigenvalue weighted by Crippen LogP contribution is 2.42. The van der Waals surface area contributed by atoms with Crippen LogP contribution in [0.15, 0.2) is 0 Å². The number of hydrogen-bond acceptors (Lipinski definition) is 7. The minimum Gasteiger partial charge on any atom is -0.381 e. The number of fused-ring (bicyclic) bond motifs is 1. The molecule has 7 heteroatoms. The van der Waals surface area contributed by atoms with Gasteiger partial charge in [-0.3, -0.25) is 0 Å². The SMILES string of the molecule is CCCCCCC[C@H](CCO[C@@H]1[C@H]2OC(C)(C)O[C@H]2O[C@@H]1[C@H]1COC(C)(C)O1)OC. The second-order valence-corrected chi connectivity index (χ2v) is 9.62. The van der Waals surface area contributed by atoms with Crippen LogP contribution in [0.25, 0.3) is 0 Å². The zero-order valence-corrected chi connectivity index (χ0v) is 19.7. The summed E-state index contributed by atoms with van der Waals surface area (Å²) in [7, 11) is 1.79. The molecule has 6 atom stereocenters. The molecular formula is C23H42O7. The third-order valence-electron chi connectivity index (χ3n) is 6.14. The van der Waals surface area contributed by atoms with Crippen LogP contribution in [-0.4, -0.2) is 68.7 Å². The van der Waals surface area contributed by atoms with Crippen LogP contribution in [0.5, 0.6) is 0 Å². The second kappa shape index (κ2) is 10.6. The summed E-state index contributed by atoms with van der Waals surface area (Å²) in [5, 5.41) is 0. The Morgan fingerprint density at radius 3 is 2.33 bits per heavy atom. The molecule has 0 bridgehead atoms. The summed E-state index contributed by atoms with van der Waals surface area (Å²) in [6, 6.07) is 0. The zero-order valence-electron chi connectivity index (χ0n) is 19.7. The molecule has 0 aromatic rings. The van der Waals surface area contributed by atoms with Gasteiger partial charge in [-0.05, 0) is 40.5 Å². The van der Waals surface area contributed by atoms with Crippen LogP contribution in [0.3, 0.4) is 0 Å². The number of rotatable bonds is 12. The molecule has 0 aromatic heterocycles. The van der Waals surface area contributed by atoms with Crippen LogP contribution in [0.1, 0.15) is 79.6 Å². The number of ether oxygens (including phenoxy) is 7. The first-order valence-corrected chi connectivity index (χ1v) is 11.7. The van der Waals surface area contributed by atoms with Crippen molar-refractivity contribution in [2.75, 3.05) is 20.3 Å². The lowest BCUT2D eigenvalue weighted by atomic mass is 10.0. The minimum absolute atomic E-state index is 0.206. The average molecular weight is 431 g/mol. The molecular weight excluding hydrogens is 388 g/mol. The Bertz CT molecular complexity index is 524. The van der Waals surface area contributed by atoms with E-state index in [9.17, 15) is 0 Å². The Morgan fingerprint density at radius 2 is 1.67 bits per heavy atom. The Morgan fingerprint density at radius 1 is 0.900 bits per heavy atom. The standard InChI is InChI=1S/C23H42O7/c1-7-8-9-10-11-12-16(24-6)13-14-25-19-18(17-15-26-22(2,3)28-17)27-21-20(19)29-23(4,5)30-21/h16-21H,7-15H2,1-6H3/t16-,17-,18-,19+,20-,21-/m1/s1. The highest BCUT2D eigenvalue weighted by atomic mass is 16.8. The van der Waals surface area contributed by atoms with Crippen molar-refractivity contribution in [1.82, 2.24) is 0 Å². The predicted molar refractivity (Wildman–Crippen MR) is 112 cm³/mol. The van der Waals surface area contributed by atoms with Gasteiger partial charge >= 0.3 is 0 Å². The summed E-state index contributed by atoms with van der Waals surface area (Å²) in [6.07, 6.45) is 7.02. The lowest BCUT2D eigenvalue weighted by molar-refractivity contribution is -0.236. The first kappa shape index (κ1) is 24.4. The molecule has 7 nitrogen and oxygen atoms in total. The van der Waals surface area contributed by atoms with Crippen molar-refractivity contribution < 1.29 is 33.2 Å². The Labute approximate surface area is 182 Å². The van der Waals surface area contributed by atoms with E-state index in [2.05, 4.69) is 6.92 Å². The van der Waals surface area contributed by atoms with Gasteiger partial charge in [0.1, 0.15) is 24.4 Å². The molecule has 3 fully saturated rings. The van der Waals surface area contributed by atoms with Crippen molar-refractivity contribution in [3.8, 4) is 0 Å². The Balaban J connectivity index is 1.51. The Hall–Kier alpha value is -0.280. The first-order chi connectivity index (χ1) is 14.2. The summed E-state index contributed by atoms with van der Waals surface area (Å²) in [4.78, 5) is 0. The van der Waals surface area contributed by atoms with Crippen LogP contribution in [0, 0.1) is 0 Å². The molecule has 0 spiro atoms. The van der Waals surface area contributed by atoms with Gasteiger partial charge in [0.15, 0.2) is 17.9 Å². The number of unbranched alkanes of at least 4 members (excludes halogenated alkanes) is 4. The zero-order chi connectivity index (χ0) is 21.8. The molecule has 0 radical (unpaired) electrons. The normalized spacial score (nSPS) is 35.6. The molecule has 0 amide bonds. The third kappa shape index (κ3) is 6.37. The number of methoxy groups -OCH3 is 1. The molecule has 3 saturated heterocycles. The first-order valence-electron chi connectivity index (χ1n) is 11.7. The van der Waals surface area contributed by atoms with Gasteiger partial charge in [0, 0.05) is 13.7 Å². The van der Waals surface area contributed by atoms with Crippen LogP contribution >= 0.6 is 0 Å². The van der Waals surface area contributed by atoms with Gasteiger partial charge in [-0.2, -0.15) is 0 Å². The fourth-order valence-corrected chi connectivity index (χ4v) is 4.56. The summed E-state index contributed by atoms with van der Waals surface area (Å²) in [5.41, 5.74) is 0. The molecule has 0 aromatic carbocycles. The van der Waals surface area contributed by atoms with Crippen LogP contribution in [0.4, 0.5) is 0 Å². The lowest BCUT2D eigenvalue weighted by Gasteiger charge is -2.29. The highest BCUT2D eigenvalue weighted by Gasteiger charge is 2.58. The van der Waals surface area contributed by atoms with E-state index in [0.29, 0.717) is 13.2 Å². The topological polar surface area (TPSA) is 64.6 Å². The number of hydrogen-bond donors (Lipinski definition) is 0. The minimum atomic E-state index is -0.679. The third-order valence-corrected chi connectivity index (χ3v) is 6.14. The molecule has 0 aliphatic carbocycles. The maximum absolute atomic E-state index is 6.34. The molecule has 3 rings (SSSR count). The van der Waals surface area contributed by atoms with Gasteiger partial charge < -0.3 is 33.2 Å². The maximum atomic E-state index is 6.34. The maximum Gasteiger partial charge on any atom is 0.190 e. The molecule has 3 heterocycles. The molecule has 0 saturated carbocycles. The smallest absolute Gasteiger partial charge is 0.190 e. The monoisotopic (exact) mass is 430 g/mol. The Kier molecular flexibility index (Phi) is 8.57. The van der Waals surface area contributed by atoms with Crippen LogP contribution in [-0.2, 0) is 33.2 Å². The second-order valence-electron chi connectivity index (χ2n) is 9.62. The van der Waals surface area contributed by atoms with Gasteiger partial charge in [0.2, 0.25) is 0 Å². The summed E-state index contributed by atoms with van der Waals surface area (Å²) in [6.45, 7) is 10.9. The van der Waals surface area contributed by atoms with Crippen molar-refractivity contribution >= 4 is 0 Å². The molecule has 3 aliphatic rings. The van der Waals surface area contributed by atoms with Gasteiger partial charge in [0.05, 0.1) is 12.7 Å². The summed E-state index contributed by atoms with van der Waals surface area (Å²) in [5.74, 6) is -1.29. The van der Waals surface area contributed by atoms with Crippen molar-refractivity contribution in [2.24, 2.45) is 0 Å². The van der Waals surface area contributed by atoms with Gasteiger partial charge in [-0.25, -0.2) is 0 Å². The van der Waals surface area contributed by atoms with Gasteiger partial charge in [-0.1, -0.05) is 39.0 Å². The van der Waals surface area contributed by atoms with Crippen molar-refractivity contribution in [1.29, 1.82) is 0 Å². The van der Waals surface area contributed by atoms with E-state index in [1.54, 1.807) is 7.11 Å². The van der Waals surface area contributed by atoms with Crippen LogP contribution < -0.4 is 0 Å². The molecule has 176 valence electrons. The summed E-state index contributed by atoms with van der Waals surface area (Å²) < 4.78 is 42.1. The average Bonchev–Trinajstić information content (AvgIpc) is 3.29. The van der Waals surface area contributed by atoms with E-state index < -0.39 is 17.9 Å². The molecule has 30 heavy (non-hydrogen) atoms. The van der Waals surface area contributed by atoms with Gasteiger partial charge in [-0.15, -0.1) is 0 Å². The highest BCUT2D eigenvalue weighted by molar-refractivity contribution is 4.98. The van der Waals surface area contributed by atoms with Crippen molar-refractivity contribution in [3.05, 3.63) is 0 Å². The molecule has 3 aliphatic heterocycles. The van der Waals surface area contributed by atoms with E-state index in [1.807, 2.05) is 27.7 Å². The quantitative estimate of drug-likeness (QED) is 0.431. The fraction of sp³-hybridized carbons (Fsp3) is 1.00. The van der Waals surface area contributed by atoms with E-state index in [0.717, 1.165) is 12.8 Å². The van der Waals surface area contributed by atoms with E-state index in [-0.39, 0.29) is 30.5 Å². The van der Waals surface area contributed by atoms with Crippen LogP contribution in [0.2, 0.25) is 0 Å². The lowest BCUT2D eigenvalue weighted by Crippen LogP contribution is -2.44. The predicted octanol–water partition coefficient (Wildman–Crippen LogP) is 4.17. The van der Waals surface area contributed by atoms with Gasteiger partial charge in [0.25, 0.3) is 0 Å². The van der Waals surface area contributed by atoms with E-state index >= 15 is 0 Å². The van der Waals surface area contributed by atoms with E-state index in [4.69, 9.17) is 33.2 Å².